The SMILES string of the molecule is CCNC(CC)c1ccc(N(C)CC2CC(O)C2)cc1. The van der Waals surface area contributed by atoms with E-state index in [9.17, 15) is 5.11 Å². The van der Waals surface area contributed by atoms with E-state index in [4.69, 9.17) is 0 Å². The summed E-state index contributed by atoms with van der Waals surface area (Å²) in [6.07, 6.45) is 2.98. The Hall–Kier alpha value is -1.06. The lowest BCUT2D eigenvalue weighted by Gasteiger charge is -2.35. The largest absolute Gasteiger partial charge is 0.393 e. The molecule has 0 spiro atoms. The predicted octanol–water partition coefficient (Wildman–Crippen LogP) is 2.95. The van der Waals surface area contributed by atoms with Gasteiger partial charge in [0.05, 0.1) is 6.10 Å². The molecule has 3 heteroatoms. The van der Waals surface area contributed by atoms with E-state index in [0.717, 1.165) is 32.4 Å². The zero-order valence-electron chi connectivity index (χ0n) is 13.0. The lowest BCUT2D eigenvalue weighted by molar-refractivity contribution is 0.0465. The van der Waals surface area contributed by atoms with Gasteiger partial charge >= 0.3 is 0 Å². The molecule has 1 aliphatic rings. The first-order valence-electron chi connectivity index (χ1n) is 7.86. The molecule has 3 nitrogen and oxygen atoms in total. The van der Waals surface area contributed by atoms with Gasteiger partial charge in [-0.1, -0.05) is 26.0 Å². The molecule has 0 heterocycles. The molecule has 0 bridgehead atoms. The summed E-state index contributed by atoms with van der Waals surface area (Å²) in [4.78, 5) is 2.30. The highest BCUT2D eigenvalue weighted by atomic mass is 16.3. The van der Waals surface area contributed by atoms with E-state index < -0.39 is 0 Å². The first-order chi connectivity index (χ1) is 9.63. The van der Waals surface area contributed by atoms with Gasteiger partial charge in [0, 0.05) is 25.3 Å². The normalized spacial score (nSPS) is 23.2. The monoisotopic (exact) mass is 276 g/mol. The van der Waals surface area contributed by atoms with Gasteiger partial charge in [0.2, 0.25) is 0 Å². The third-order valence-corrected chi connectivity index (χ3v) is 4.34. The molecular formula is C17H28N2O. The molecule has 0 radical (unpaired) electrons. The zero-order chi connectivity index (χ0) is 14.5. The van der Waals surface area contributed by atoms with Crippen molar-refractivity contribution in [3.05, 3.63) is 29.8 Å². The van der Waals surface area contributed by atoms with Gasteiger partial charge in [-0.2, -0.15) is 0 Å². The maximum absolute atomic E-state index is 9.35. The van der Waals surface area contributed by atoms with Crippen LogP contribution in [0.4, 0.5) is 5.69 Å². The summed E-state index contributed by atoms with van der Waals surface area (Å²) >= 11 is 0. The van der Waals surface area contributed by atoms with Gasteiger partial charge in [0.15, 0.2) is 0 Å². The van der Waals surface area contributed by atoms with Crippen LogP contribution in [0.2, 0.25) is 0 Å². The highest BCUT2D eigenvalue weighted by molar-refractivity contribution is 5.47. The fraction of sp³-hybridized carbons (Fsp3) is 0.647. The molecule has 0 saturated heterocycles. The number of nitrogens with zero attached hydrogens (tertiary/aromatic N) is 1. The maximum atomic E-state index is 9.35. The summed E-state index contributed by atoms with van der Waals surface area (Å²) in [6, 6.07) is 9.35. The number of benzene rings is 1. The van der Waals surface area contributed by atoms with Crippen molar-refractivity contribution < 1.29 is 5.11 Å². The minimum atomic E-state index is -0.0544. The minimum absolute atomic E-state index is 0.0544. The third-order valence-electron chi connectivity index (χ3n) is 4.34. The van der Waals surface area contributed by atoms with E-state index in [1.165, 1.54) is 11.3 Å². The van der Waals surface area contributed by atoms with Gasteiger partial charge in [-0.25, -0.2) is 0 Å². The Morgan fingerprint density at radius 1 is 1.25 bits per heavy atom. The van der Waals surface area contributed by atoms with Crippen LogP contribution in [0.5, 0.6) is 0 Å². The molecule has 0 aliphatic heterocycles. The van der Waals surface area contributed by atoms with E-state index >= 15 is 0 Å². The number of aliphatic hydroxyl groups is 1. The summed E-state index contributed by atoms with van der Waals surface area (Å²) in [5.74, 6) is 0.653. The highest BCUT2D eigenvalue weighted by Crippen LogP contribution is 2.29. The zero-order valence-corrected chi connectivity index (χ0v) is 13.0. The first kappa shape index (κ1) is 15.3. The van der Waals surface area contributed by atoms with Crippen molar-refractivity contribution >= 4 is 5.69 Å². The van der Waals surface area contributed by atoms with E-state index in [1.807, 2.05) is 0 Å². The Kier molecular flexibility index (Phi) is 5.44. The van der Waals surface area contributed by atoms with E-state index in [0.29, 0.717) is 12.0 Å². The summed E-state index contributed by atoms with van der Waals surface area (Å²) in [5.41, 5.74) is 2.63. The topological polar surface area (TPSA) is 35.5 Å². The van der Waals surface area contributed by atoms with Crippen LogP contribution in [0.15, 0.2) is 24.3 Å². The van der Waals surface area contributed by atoms with Gasteiger partial charge in [-0.15, -0.1) is 0 Å². The molecule has 2 rings (SSSR count). The van der Waals surface area contributed by atoms with Crippen LogP contribution in [-0.2, 0) is 0 Å². The molecule has 1 aromatic rings. The van der Waals surface area contributed by atoms with Crippen LogP contribution in [-0.4, -0.2) is 31.3 Å². The lowest BCUT2D eigenvalue weighted by Crippen LogP contribution is -2.37. The Morgan fingerprint density at radius 2 is 1.90 bits per heavy atom. The summed E-state index contributed by atoms with van der Waals surface area (Å²) in [5, 5.41) is 12.9. The quantitative estimate of drug-likeness (QED) is 0.804. The molecule has 1 aromatic carbocycles. The van der Waals surface area contributed by atoms with Crippen molar-refractivity contribution in [2.45, 2.75) is 45.3 Å². The van der Waals surface area contributed by atoms with Crippen LogP contribution < -0.4 is 10.2 Å². The number of anilines is 1. The molecule has 0 amide bonds. The number of rotatable bonds is 7. The second-order valence-electron chi connectivity index (χ2n) is 5.98. The smallest absolute Gasteiger partial charge is 0.0546 e. The van der Waals surface area contributed by atoms with Crippen LogP contribution in [0.25, 0.3) is 0 Å². The van der Waals surface area contributed by atoms with E-state index in [2.05, 4.69) is 55.4 Å². The average Bonchev–Trinajstić information content (AvgIpc) is 2.43. The molecule has 0 aromatic heterocycles. The second-order valence-corrected chi connectivity index (χ2v) is 5.98. The highest BCUT2D eigenvalue weighted by Gasteiger charge is 2.27. The van der Waals surface area contributed by atoms with Crippen LogP contribution in [0.1, 0.15) is 44.7 Å². The van der Waals surface area contributed by atoms with Gasteiger partial charge < -0.3 is 15.3 Å². The Morgan fingerprint density at radius 3 is 2.40 bits per heavy atom. The Labute approximate surface area is 123 Å². The maximum Gasteiger partial charge on any atom is 0.0546 e. The van der Waals surface area contributed by atoms with E-state index in [1.54, 1.807) is 0 Å². The van der Waals surface area contributed by atoms with Crippen molar-refractivity contribution in [2.75, 3.05) is 25.0 Å². The minimum Gasteiger partial charge on any atom is -0.393 e. The molecule has 1 aliphatic carbocycles. The first-order valence-corrected chi connectivity index (χ1v) is 7.86. The fourth-order valence-electron chi connectivity index (χ4n) is 3.05. The van der Waals surface area contributed by atoms with Crippen molar-refractivity contribution in [1.29, 1.82) is 0 Å². The van der Waals surface area contributed by atoms with Crippen molar-refractivity contribution in [3.8, 4) is 0 Å². The van der Waals surface area contributed by atoms with Crippen molar-refractivity contribution in [3.63, 3.8) is 0 Å². The van der Waals surface area contributed by atoms with E-state index in [-0.39, 0.29) is 6.10 Å². The van der Waals surface area contributed by atoms with Gasteiger partial charge in [0.1, 0.15) is 0 Å². The van der Waals surface area contributed by atoms with Crippen molar-refractivity contribution in [2.24, 2.45) is 5.92 Å². The molecule has 2 N–H and O–H groups in total. The van der Waals surface area contributed by atoms with Crippen LogP contribution in [0.3, 0.4) is 0 Å². The number of aliphatic hydroxyl groups excluding tert-OH is 1. The number of nitrogens with one attached hydrogen (secondary N) is 1. The van der Waals surface area contributed by atoms with Crippen molar-refractivity contribution in [1.82, 2.24) is 5.32 Å². The molecule has 1 fully saturated rings. The molecule has 112 valence electrons. The second kappa shape index (κ2) is 7.09. The summed E-state index contributed by atoms with van der Waals surface area (Å²) in [7, 11) is 2.14. The molecular weight excluding hydrogens is 248 g/mol. The van der Waals surface area contributed by atoms with Gasteiger partial charge in [-0.3, -0.25) is 0 Å². The Balaban J connectivity index is 1.93. The molecule has 1 unspecified atom stereocenters. The van der Waals surface area contributed by atoms with Crippen LogP contribution >= 0.6 is 0 Å². The molecule has 1 saturated carbocycles. The lowest BCUT2D eigenvalue weighted by atomic mass is 9.82. The molecule has 20 heavy (non-hydrogen) atoms. The standard InChI is InChI=1S/C17H28N2O/c1-4-17(18-5-2)14-6-8-15(9-7-14)19(3)12-13-10-16(20)11-13/h6-9,13,16-18,20H,4-5,10-12H2,1-3H3. The predicted molar refractivity (Wildman–Crippen MR) is 85.2 cm³/mol. The third kappa shape index (κ3) is 3.74. The molecule has 1 atom stereocenters. The van der Waals surface area contributed by atoms with Gasteiger partial charge in [0.25, 0.3) is 0 Å². The average molecular weight is 276 g/mol. The number of hydrogen-bond donors (Lipinski definition) is 2. The summed E-state index contributed by atoms with van der Waals surface area (Å²) < 4.78 is 0. The number of hydrogen-bond acceptors (Lipinski definition) is 3. The Bertz CT molecular complexity index is 398. The van der Waals surface area contributed by atoms with Gasteiger partial charge in [-0.05, 0) is 49.4 Å². The summed E-state index contributed by atoms with van der Waals surface area (Å²) in [6.45, 7) is 6.41. The fourth-order valence-corrected chi connectivity index (χ4v) is 3.05. The van der Waals surface area contributed by atoms with Crippen LogP contribution in [0, 0.1) is 5.92 Å².